The number of ketones is 1. The van der Waals surface area contributed by atoms with Crippen molar-refractivity contribution in [2.45, 2.75) is 0 Å². The molecule has 0 bridgehead atoms. The fourth-order valence-electron chi connectivity index (χ4n) is 2.30. The Morgan fingerprint density at radius 1 is 1.09 bits per heavy atom. The molecule has 0 aromatic heterocycles. The highest BCUT2D eigenvalue weighted by molar-refractivity contribution is 6.52. The van der Waals surface area contributed by atoms with E-state index in [0.29, 0.717) is 16.9 Å². The van der Waals surface area contributed by atoms with Crippen molar-refractivity contribution in [3.05, 3.63) is 64.2 Å². The van der Waals surface area contributed by atoms with E-state index in [0.717, 1.165) is 0 Å². The summed E-state index contributed by atoms with van der Waals surface area (Å²) in [6, 6.07) is 12.7. The molecular formula is C15H11N3O4. The van der Waals surface area contributed by atoms with Crippen LogP contribution in [0.2, 0.25) is 0 Å². The summed E-state index contributed by atoms with van der Waals surface area (Å²) in [6.45, 7) is 0.0583. The molecule has 0 radical (unpaired) electrons. The predicted octanol–water partition coefficient (Wildman–Crippen LogP) is 2.19. The maximum Gasteiger partial charge on any atom is 0.300 e. The van der Waals surface area contributed by atoms with E-state index < -0.39 is 16.6 Å². The molecule has 0 spiro atoms. The summed E-state index contributed by atoms with van der Waals surface area (Å²) in [7, 11) is 0. The van der Waals surface area contributed by atoms with Gasteiger partial charge in [0, 0.05) is 17.8 Å². The number of nitro benzene ring substituents is 1. The number of anilines is 2. The molecule has 0 atom stereocenters. The Labute approximate surface area is 125 Å². The van der Waals surface area contributed by atoms with E-state index in [1.807, 2.05) is 0 Å². The van der Waals surface area contributed by atoms with Crippen LogP contribution in [0, 0.1) is 10.1 Å². The van der Waals surface area contributed by atoms with E-state index in [4.69, 9.17) is 0 Å². The Morgan fingerprint density at radius 3 is 2.64 bits per heavy atom. The van der Waals surface area contributed by atoms with Gasteiger partial charge in [-0.05, 0) is 18.2 Å². The number of nitrogens with one attached hydrogen (secondary N) is 1. The normalized spacial score (nSPS) is 13.2. The summed E-state index contributed by atoms with van der Waals surface area (Å²) in [5.41, 5.74) is 1.36. The van der Waals surface area contributed by atoms with E-state index in [-0.39, 0.29) is 12.4 Å². The molecule has 22 heavy (non-hydrogen) atoms. The average molecular weight is 297 g/mol. The van der Waals surface area contributed by atoms with Crippen molar-refractivity contribution >= 4 is 28.8 Å². The zero-order valence-corrected chi connectivity index (χ0v) is 11.4. The fourth-order valence-corrected chi connectivity index (χ4v) is 2.30. The van der Waals surface area contributed by atoms with Crippen LogP contribution in [0.5, 0.6) is 0 Å². The molecule has 2 aromatic carbocycles. The minimum atomic E-state index is -0.612. The Balaban J connectivity index is 1.80. The number of carbonyl (C=O) groups is 2. The summed E-state index contributed by atoms with van der Waals surface area (Å²) in [5, 5.41) is 13.7. The first-order valence-electron chi connectivity index (χ1n) is 6.51. The highest BCUT2D eigenvalue weighted by Crippen LogP contribution is 2.28. The Kier molecular flexibility index (Phi) is 3.30. The van der Waals surface area contributed by atoms with Gasteiger partial charge >= 0.3 is 5.91 Å². The second-order valence-corrected chi connectivity index (χ2v) is 4.72. The molecule has 0 fully saturated rings. The Bertz CT molecular complexity index is 788. The summed E-state index contributed by atoms with van der Waals surface area (Å²) in [6.07, 6.45) is 0. The number of rotatable bonds is 4. The number of benzene rings is 2. The number of hydrogen-bond acceptors (Lipinski definition) is 5. The van der Waals surface area contributed by atoms with Crippen molar-refractivity contribution in [2.75, 3.05) is 16.9 Å². The first kappa shape index (κ1) is 13.7. The van der Waals surface area contributed by atoms with E-state index in [1.165, 1.54) is 17.0 Å². The summed E-state index contributed by atoms with van der Waals surface area (Å²) >= 11 is 0. The number of Topliss-reactive ketones (excluding diaryl/α,β-unsaturated/α-hetero) is 1. The van der Waals surface area contributed by atoms with Gasteiger partial charge in [-0.1, -0.05) is 18.2 Å². The number of carbonyl (C=O) groups excluding carboxylic acids is 2. The van der Waals surface area contributed by atoms with Gasteiger partial charge in [-0.25, -0.2) is 0 Å². The largest absolute Gasteiger partial charge is 0.367 e. The SMILES string of the molecule is O=C1C(=O)N(CNc2cccc([N+](=O)[O-])c2)c2ccccc21. The lowest BCUT2D eigenvalue weighted by Gasteiger charge is -2.17. The molecule has 1 amide bonds. The second kappa shape index (κ2) is 5.28. The lowest BCUT2D eigenvalue weighted by atomic mass is 10.1. The molecule has 3 rings (SSSR count). The van der Waals surface area contributed by atoms with E-state index in [9.17, 15) is 19.7 Å². The van der Waals surface area contributed by atoms with Crippen LogP contribution in [0.4, 0.5) is 17.1 Å². The van der Waals surface area contributed by atoms with Crippen LogP contribution in [0.3, 0.4) is 0 Å². The van der Waals surface area contributed by atoms with Crippen molar-refractivity contribution < 1.29 is 14.5 Å². The topological polar surface area (TPSA) is 92.6 Å². The predicted molar refractivity (Wildman–Crippen MR) is 79.8 cm³/mol. The Morgan fingerprint density at radius 2 is 1.86 bits per heavy atom. The van der Waals surface area contributed by atoms with Gasteiger partial charge in [-0.15, -0.1) is 0 Å². The van der Waals surface area contributed by atoms with Crippen molar-refractivity contribution in [3.63, 3.8) is 0 Å². The van der Waals surface area contributed by atoms with Gasteiger partial charge in [0.25, 0.3) is 11.5 Å². The highest BCUT2D eigenvalue weighted by Gasteiger charge is 2.35. The standard InChI is InChI=1S/C15H11N3O4/c19-14-12-6-1-2-7-13(12)17(15(14)20)9-16-10-4-3-5-11(8-10)18(21)22/h1-8,16H,9H2. The number of hydrogen-bond donors (Lipinski definition) is 1. The van der Waals surface area contributed by atoms with Crippen LogP contribution in [0.1, 0.15) is 10.4 Å². The van der Waals surface area contributed by atoms with Crippen molar-refractivity contribution in [1.29, 1.82) is 0 Å². The fraction of sp³-hybridized carbons (Fsp3) is 0.0667. The van der Waals surface area contributed by atoms with Crippen molar-refractivity contribution in [2.24, 2.45) is 0 Å². The first-order chi connectivity index (χ1) is 10.6. The molecule has 7 nitrogen and oxygen atoms in total. The first-order valence-corrected chi connectivity index (χ1v) is 6.51. The maximum absolute atomic E-state index is 12.0. The van der Waals surface area contributed by atoms with Crippen LogP contribution < -0.4 is 10.2 Å². The van der Waals surface area contributed by atoms with Crippen LogP contribution in [0.25, 0.3) is 0 Å². The maximum atomic E-state index is 12.0. The average Bonchev–Trinajstić information content (AvgIpc) is 2.78. The van der Waals surface area contributed by atoms with Gasteiger partial charge in [0.1, 0.15) is 0 Å². The molecule has 2 aromatic rings. The third-order valence-corrected chi connectivity index (χ3v) is 3.38. The molecule has 0 aliphatic carbocycles. The molecule has 0 saturated heterocycles. The van der Waals surface area contributed by atoms with E-state index in [2.05, 4.69) is 5.32 Å². The summed E-state index contributed by atoms with van der Waals surface area (Å²) < 4.78 is 0. The van der Waals surface area contributed by atoms with Gasteiger partial charge in [-0.3, -0.25) is 24.6 Å². The van der Waals surface area contributed by atoms with Gasteiger partial charge in [-0.2, -0.15) is 0 Å². The van der Waals surface area contributed by atoms with Gasteiger partial charge in [0.05, 0.1) is 22.8 Å². The monoisotopic (exact) mass is 297 g/mol. The molecule has 0 unspecified atom stereocenters. The number of amides is 1. The number of non-ortho nitro benzene ring substituents is 1. The number of fused-ring (bicyclic) bond motifs is 1. The summed E-state index contributed by atoms with van der Waals surface area (Å²) in [5.74, 6) is -1.16. The molecule has 110 valence electrons. The van der Waals surface area contributed by atoms with Crippen LogP contribution in [-0.2, 0) is 4.79 Å². The second-order valence-electron chi connectivity index (χ2n) is 4.72. The lowest BCUT2D eigenvalue weighted by molar-refractivity contribution is -0.384. The highest BCUT2D eigenvalue weighted by atomic mass is 16.6. The van der Waals surface area contributed by atoms with Crippen molar-refractivity contribution in [3.8, 4) is 0 Å². The lowest BCUT2D eigenvalue weighted by Crippen LogP contribution is -2.34. The molecule has 7 heteroatoms. The number of para-hydroxylation sites is 1. The smallest absolute Gasteiger partial charge is 0.300 e. The molecule has 1 N–H and O–H groups in total. The quantitative estimate of drug-likeness (QED) is 0.530. The molecule has 0 saturated carbocycles. The number of nitrogens with zero attached hydrogens (tertiary/aromatic N) is 2. The molecule has 1 aliphatic rings. The van der Waals surface area contributed by atoms with Crippen LogP contribution in [0.15, 0.2) is 48.5 Å². The van der Waals surface area contributed by atoms with Gasteiger partial charge in [0.15, 0.2) is 0 Å². The van der Waals surface area contributed by atoms with Crippen LogP contribution >= 0.6 is 0 Å². The van der Waals surface area contributed by atoms with Gasteiger partial charge in [0.2, 0.25) is 0 Å². The minimum Gasteiger partial charge on any atom is -0.367 e. The molecule has 1 heterocycles. The van der Waals surface area contributed by atoms with E-state index >= 15 is 0 Å². The van der Waals surface area contributed by atoms with Gasteiger partial charge < -0.3 is 5.32 Å². The van der Waals surface area contributed by atoms with Crippen LogP contribution in [-0.4, -0.2) is 23.3 Å². The zero-order chi connectivity index (χ0) is 15.7. The number of nitro groups is 1. The third kappa shape index (κ3) is 2.28. The zero-order valence-electron chi connectivity index (χ0n) is 11.4. The van der Waals surface area contributed by atoms with Crippen molar-refractivity contribution in [1.82, 2.24) is 0 Å². The minimum absolute atomic E-state index is 0.0470. The van der Waals surface area contributed by atoms with E-state index in [1.54, 1.807) is 36.4 Å². The Hall–Kier alpha value is -3.22. The molecular weight excluding hydrogens is 286 g/mol. The third-order valence-electron chi connectivity index (χ3n) is 3.38. The molecule has 1 aliphatic heterocycles. The summed E-state index contributed by atoms with van der Waals surface area (Å²) in [4.78, 5) is 35.4.